The van der Waals surface area contributed by atoms with E-state index in [-0.39, 0.29) is 30.3 Å². The van der Waals surface area contributed by atoms with Crippen molar-refractivity contribution in [1.29, 1.82) is 0 Å². The average molecular weight is 419 g/mol. The van der Waals surface area contributed by atoms with Crippen molar-refractivity contribution in [2.75, 3.05) is 18.5 Å². The number of amides is 2. The number of aromatic nitrogens is 1. The number of pyridine rings is 1. The molecule has 0 saturated heterocycles. The summed E-state index contributed by atoms with van der Waals surface area (Å²) in [7, 11) is 0. The van der Waals surface area contributed by atoms with Crippen LogP contribution in [0, 0.1) is 17.5 Å². The minimum Gasteiger partial charge on any atom is -0.396 e. The molecule has 6 nitrogen and oxygen atoms in total. The van der Waals surface area contributed by atoms with Crippen LogP contribution in [0.5, 0.6) is 0 Å². The SMILES string of the molecule is C[C@@H](c1c[nH]c(=O)c2c(F)cc(F)cc12)N(CCCO)C(=O)Nc1ccc(F)cc1. The molecule has 30 heavy (non-hydrogen) atoms. The van der Waals surface area contributed by atoms with Gasteiger partial charge in [-0.05, 0) is 54.6 Å². The molecule has 0 fully saturated rings. The lowest BCUT2D eigenvalue weighted by atomic mass is 10.0. The Labute approximate surface area is 170 Å². The molecule has 0 spiro atoms. The van der Waals surface area contributed by atoms with Gasteiger partial charge in [-0.3, -0.25) is 4.79 Å². The number of nitrogens with zero attached hydrogens (tertiary/aromatic N) is 1. The molecule has 9 heteroatoms. The first-order valence-electron chi connectivity index (χ1n) is 9.26. The van der Waals surface area contributed by atoms with Crippen molar-refractivity contribution in [3.8, 4) is 0 Å². The summed E-state index contributed by atoms with van der Waals surface area (Å²) >= 11 is 0. The highest BCUT2D eigenvalue weighted by Gasteiger charge is 2.24. The van der Waals surface area contributed by atoms with Gasteiger partial charge in [-0.25, -0.2) is 18.0 Å². The van der Waals surface area contributed by atoms with Gasteiger partial charge in [0.1, 0.15) is 17.5 Å². The molecule has 0 aliphatic rings. The molecule has 2 aromatic carbocycles. The summed E-state index contributed by atoms with van der Waals surface area (Å²) in [5.41, 5.74) is -0.0302. The molecule has 0 unspecified atom stereocenters. The largest absolute Gasteiger partial charge is 0.396 e. The smallest absolute Gasteiger partial charge is 0.322 e. The molecule has 3 N–H and O–H groups in total. The maximum atomic E-state index is 14.2. The molecule has 0 aliphatic heterocycles. The number of anilines is 1. The van der Waals surface area contributed by atoms with Crippen molar-refractivity contribution >= 4 is 22.5 Å². The van der Waals surface area contributed by atoms with E-state index in [4.69, 9.17) is 0 Å². The van der Waals surface area contributed by atoms with Crippen LogP contribution < -0.4 is 10.9 Å². The highest BCUT2D eigenvalue weighted by atomic mass is 19.1. The number of benzene rings is 2. The number of rotatable bonds is 6. The van der Waals surface area contributed by atoms with Crippen molar-refractivity contribution in [3.05, 3.63) is 76.0 Å². The first-order chi connectivity index (χ1) is 14.3. The molecule has 3 aromatic rings. The summed E-state index contributed by atoms with van der Waals surface area (Å²) in [6.45, 7) is 1.59. The molecule has 1 aromatic heterocycles. The quantitative estimate of drug-likeness (QED) is 0.566. The minimum atomic E-state index is -1.00. The molecule has 3 rings (SSSR count). The summed E-state index contributed by atoms with van der Waals surface area (Å²) in [6.07, 6.45) is 1.57. The number of nitrogens with one attached hydrogen (secondary N) is 2. The van der Waals surface area contributed by atoms with Crippen molar-refractivity contribution in [2.45, 2.75) is 19.4 Å². The van der Waals surface area contributed by atoms with E-state index in [0.29, 0.717) is 17.3 Å². The topological polar surface area (TPSA) is 85.4 Å². The summed E-state index contributed by atoms with van der Waals surface area (Å²) in [6, 6.07) is 5.57. The Hall–Kier alpha value is -3.33. The van der Waals surface area contributed by atoms with Crippen molar-refractivity contribution in [1.82, 2.24) is 9.88 Å². The molecule has 158 valence electrons. The van der Waals surface area contributed by atoms with Gasteiger partial charge in [0.05, 0.1) is 11.4 Å². The van der Waals surface area contributed by atoms with E-state index in [1.165, 1.54) is 35.4 Å². The van der Waals surface area contributed by atoms with Crippen molar-refractivity contribution in [2.24, 2.45) is 0 Å². The first kappa shape index (κ1) is 21.4. The third-order valence-corrected chi connectivity index (χ3v) is 4.78. The van der Waals surface area contributed by atoms with Gasteiger partial charge in [0.25, 0.3) is 5.56 Å². The number of fused-ring (bicyclic) bond motifs is 1. The zero-order chi connectivity index (χ0) is 21.8. The number of carbonyl (C=O) groups is 1. The molecule has 0 saturated carbocycles. The van der Waals surface area contributed by atoms with Crippen LogP contribution in [0.3, 0.4) is 0 Å². The third-order valence-electron chi connectivity index (χ3n) is 4.78. The van der Waals surface area contributed by atoms with Gasteiger partial charge < -0.3 is 20.3 Å². The molecule has 0 bridgehead atoms. The molecular weight excluding hydrogens is 399 g/mol. The average Bonchev–Trinajstić information content (AvgIpc) is 2.69. The van der Waals surface area contributed by atoms with Gasteiger partial charge in [0.2, 0.25) is 0 Å². The second-order valence-electron chi connectivity index (χ2n) is 6.77. The summed E-state index contributed by atoms with van der Waals surface area (Å²) < 4.78 is 41.2. The second-order valence-corrected chi connectivity index (χ2v) is 6.77. The second kappa shape index (κ2) is 9.00. The van der Waals surface area contributed by atoms with E-state index in [0.717, 1.165) is 6.07 Å². The fourth-order valence-electron chi connectivity index (χ4n) is 3.28. The first-order valence-corrected chi connectivity index (χ1v) is 9.26. The van der Waals surface area contributed by atoms with E-state index in [1.54, 1.807) is 6.92 Å². The predicted molar refractivity (Wildman–Crippen MR) is 107 cm³/mol. The number of H-pyrrole nitrogens is 1. The van der Waals surface area contributed by atoms with E-state index in [2.05, 4.69) is 10.3 Å². The molecule has 1 atom stereocenters. The Morgan fingerprint density at radius 2 is 1.87 bits per heavy atom. The number of aliphatic hydroxyl groups is 1. The van der Waals surface area contributed by atoms with Gasteiger partial charge in [0.15, 0.2) is 0 Å². The normalized spacial score (nSPS) is 12.0. The number of aliphatic hydroxyl groups excluding tert-OH is 1. The van der Waals surface area contributed by atoms with Crippen LogP contribution in [-0.4, -0.2) is 34.2 Å². The van der Waals surface area contributed by atoms with Gasteiger partial charge in [-0.1, -0.05) is 0 Å². The number of urea groups is 1. The van der Waals surface area contributed by atoms with Crippen LogP contribution in [0.25, 0.3) is 10.8 Å². The summed E-state index contributed by atoms with van der Waals surface area (Å²) in [4.78, 5) is 28.7. The van der Waals surface area contributed by atoms with Gasteiger partial charge in [-0.2, -0.15) is 0 Å². The van der Waals surface area contributed by atoms with Crippen LogP contribution in [-0.2, 0) is 0 Å². The van der Waals surface area contributed by atoms with Crippen LogP contribution in [0.15, 0.2) is 47.4 Å². The highest BCUT2D eigenvalue weighted by Crippen LogP contribution is 2.28. The standard InChI is InChI=1S/C21H20F3N3O3/c1-12(17-11-25-20(29)19-16(17)9-14(23)10-18(19)24)27(7-2-8-28)21(30)26-15-5-3-13(22)4-6-15/h3-6,9-12,28H,2,7-8H2,1H3,(H,25,29)(H,26,30)/t12-/m0/s1. The molecule has 2 amide bonds. The zero-order valence-corrected chi connectivity index (χ0v) is 16.1. The van der Waals surface area contributed by atoms with Crippen LogP contribution >= 0.6 is 0 Å². The summed E-state index contributed by atoms with van der Waals surface area (Å²) in [5.74, 6) is -2.31. The maximum absolute atomic E-state index is 14.2. The zero-order valence-electron chi connectivity index (χ0n) is 16.1. The monoisotopic (exact) mass is 419 g/mol. The lowest BCUT2D eigenvalue weighted by molar-refractivity contribution is 0.182. The number of hydrogen-bond acceptors (Lipinski definition) is 3. The Balaban J connectivity index is 2.00. The third kappa shape index (κ3) is 4.46. The fourth-order valence-corrected chi connectivity index (χ4v) is 3.28. The van der Waals surface area contributed by atoms with E-state index >= 15 is 0 Å². The van der Waals surface area contributed by atoms with E-state index < -0.39 is 35.1 Å². The van der Waals surface area contributed by atoms with Gasteiger partial charge in [0, 0.05) is 31.1 Å². The fraction of sp³-hybridized carbons (Fsp3) is 0.238. The molecule has 0 radical (unpaired) electrons. The lowest BCUT2D eigenvalue weighted by Gasteiger charge is -2.30. The Morgan fingerprint density at radius 1 is 1.17 bits per heavy atom. The Bertz CT molecular complexity index is 1120. The van der Waals surface area contributed by atoms with Gasteiger partial charge in [-0.15, -0.1) is 0 Å². The van der Waals surface area contributed by atoms with E-state index in [1.807, 2.05) is 0 Å². The molecule has 1 heterocycles. The number of hydrogen-bond donors (Lipinski definition) is 3. The molecular formula is C21H20F3N3O3. The van der Waals surface area contributed by atoms with Gasteiger partial charge >= 0.3 is 6.03 Å². The molecule has 0 aliphatic carbocycles. The summed E-state index contributed by atoms with van der Waals surface area (Å²) in [5, 5.41) is 11.6. The van der Waals surface area contributed by atoms with Crippen LogP contribution in [0.4, 0.5) is 23.7 Å². The predicted octanol–water partition coefficient (Wildman–Crippen LogP) is 3.92. The maximum Gasteiger partial charge on any atom is 0.322 e. The Kier molecular flexibility index (Phi) is 6.41. The van der Waals surface area contributed by atoms with Crippen LogP contribution in [0.2, 0.25) is 0 Å². The van der Waals surface area contributed by atoms with Crippen LogP contribution in [0.1, 0.15) is 24.9 Å². The minimum absolute atomic E-state index is 0.0485. The van der Waals surface area contributed by atoms with Crippen molar-refractivity contribution in [3.63, 3.8) is 0 Å². The number of aromatic amines is 1. The van der Waals surface area contributed by atoms with Crippen molar-refractivity contribution < 1.29 is 23.1 Å². The lowest BCUT2D eigenvalue weighted by Crippen LogP contribution is -2.38. The number of halogens is 3. The Morgan fingerprint density at radius 3 is 2.53 bits per heavy atom. The highest BCUT2D eigenvalue weighted by molar-refractivity contribution is 5.91. The van der Waals surface area contributed by atoms with E-state index in [9.17, 15) is 27.9 Å². The number of carbonyl (C=O) groups excluding carboxylic acids is 1.